The zero-order valence-corrected chi connectivity index (χ0v) is 14.4. The Bertz CT molecular complexity index is 690. The fourth-order valence-electron chi connectivity index (χ4n) is 3.10. The number of anilines is 1. The highest BCUT2D eigenvalue weighted by molar-refractivity contribution is 5.79. The molecule has 1 amide bonds. The van der Waals surface area contributed by atoms with Gasteiger partial charge in [0.15, 0.2) is 0 Å². The Balaban J connectivity index is 1.53. The molecule has 6 heteroatoms. The van der Waals surface area contributed by atoms with Gasteiger partial charge in [-0.15, -0.1) is 0 Å². The molecule has 3 rings (SSSR count). The second-order valence-corrected chi connectivity index (χ2v) is 6.52. The molecule has 1 saturated heterocycles. The molecule has 132 valence electrons. The fraction of sp³-hybridized carbons (Fsp3) is 0.421. The van der Waals surface area contributed by atoms with Crippen LogP contribution >= 0.6 is 0 Å². The molecule has 2 aromatic rings. The number of carbonyl (C=O) groups excluding carboxylic acids is 1. The maximum atomic E-state index is 12.5. The highest BCUT2D eigenvalue weighted by atomic mass is 16.3. The minimum atomic E-state index is -0.691. The molecule has 1 aliphatic rings. The summed E-state index contributed by atoms with van der Waals surface area (Å²) in [5, 5.41) is 13.1. The molecule has 1 aliphatic heterocycles. The van der Waals surface area contributed by atoms with Gasteiger partial charge < -0.3 is 15.3 Å². The smallest absolute Gasteiger partial charge is 0.225 e. The predicted molar refractivity (Wildman–Crippen MR) is 96.1 cm³/mol. The number of nitrogens with zero attached hydrogens (tertiary/aromatic N) is 3. The van der Waals surface area contributed by atoms with Crippen LogP contribution in [0.1, 0.15) is 30.1 Å². The van der Waals surface area contributed by atoms with Crippen molar-refractivity contribution < 1.29 is 9.90 Å². The van der Waals surface area contributed by atoms with E-state index in [0.29, 0.717) is 6.54 Å². The third kappa shape index (κ3) is 4.54. The number of aryl methyl sites for hydroxylation is 1. The summed E-state index contributed by atoms with van der Waals surface area (Å²) < 4.78 is 0. The summed E-state index contributed by atoms with van der Waals surface area (Å²) in [5.74, 6) is 0.695. The van der Waals surface area contributed by atoms with Gasteiger partial charge in [0, 0.05) is 32.0 Å². The molecule has 1 aromatic carbocycles. The van der Waals surface area contributed by atoms with Gasteiger partial charge in [0.2, 0.25) is 5.91 Å². The lowest BCUT2D eigenvalue weighted by Crippen LogP contribution is -2.44. The molecule has 25 heavy (non-hydrogen) atoms. The number of aromatic nitrogens is 2. The molecular formula is C19H24N4O2. The molecule has 0 spiro atoms. The summed E-state index contributed by atoms with van der Waals surface area (Å²) >= 11 is 0. The number of nitrogens with one attached hydrogen (secondary N) is 1. The van der Waals surface area contributed by atoms with Crippen LogP contribution in [-0.4, -0.2) is 40.6 Å². The highest BCUT2D eigenvalue weighted by Crippen LogP contribution is 2.21. The summed E-state index contributed by atoms with van der Waals surface area (Å²) in [6.07, 6.45) is 6.13. The van der Waals surface area contributed by atoms with E-state index in [9.17, 15) is 9.90 Å². The molecule has 2 N–H and O–H groups in total. The molecule has 2 heterocycles. The molecule has 0 bridgehead atoms. The van der Waals surface area contributed by atoms with Crippen molar-refractivity contribution in [2.45, 2.75) is 25.9 Å². The van der Waals surface area contributed by atoms with Gasteiger partial charge in [-0.3, -0.25) is 9.78 Å². The molecule has 1 aromatic heterocycles. The first-order valence-corrected chi connectivity index (χ1v) is 8.67. The lowest BCUT2D eigenvalue weighted by molar-refractivity contribution is -0.125. The average molecular weight is 340 g/mol. The quantitative estimate of drug-likeness (QED) is 0.868. The number of amides is 1. The maximum absolute atomic E-state index is 12.5. The predicted octanol–water partition coefficient (Wildman–Crippen LogP) is 1.85. The zero-order valence-electron chi connectivity index (χ0n) is 14.4. The summed E-state index contributed by atoms with van der Waals surface area (Å²) in [7, 11) is 0. The van der Waals surface area contributed by atoms with E-state index < -0.39 is 6.10 Å². The fourth-order valence-corrected chi connectivity index (χ4v) is 3.10. The lowest BCUT2D eigenvalue weighted by Gasteiger charge is -2.32. The van der Waals surface area contributed by atoms with Gasteiger partial charge in [-0.1, -0.05) is 29.8 Å². The number of carbonyl (C=O) groups is 1. The largest absolute Gasteiger partial charge is 0.387 e. The molecule has 6 nitrogen and oxygen atoms in total. The molecule has 1 fully saturated rings. The Labute approximate surface area is 147 Å². The maximum Gasteiger partial charge on any atom is 0.225 e. The van der Waals surface area contributed by atoms with E-state index >= 15 is 0 Å². The lowest BCUT2D eigenvalue weighted by atomic mass is 9.97. The van der Waals surface area contributed by atoms with Crippen LogP contribution in [0.15, 0.2) is 42.9 Å². The number of rotatable bonds is 5. The van der Waals surface area contributed by atoms with Crippen molar-refractivity contribution in [3.05, 3.63) is 54.0 Å². The Hall–Kier alpha value is -2.47. The van der Waals surface area contributed by atoms with Crippen LogP contribution in [0.5, 0.6) is 0 Å². The summed E-state index contributed by atoms with van der Waals surface area (Å²) in [6.45, 7) is 3.74. The van der Waals surface area contributed by atoms with Crippen LogP contribution in [0.2, 0.25) is 0 Å². The topological polar surface area (TPSA) is 78.4 Å². The number of hydrogen-bond acceptors (Lipinski definition) is 5. The van der Waals surface area contributed by atoms with Crippen molar-refractivity contribution in [2.75, 3.05) is 24.5 Å². The third-order valence-electron chi connectivity index (χ3n) is 4.60. The van der Waals surface area contributed by atoms with E-state index in [1.807, 2.05) is 31.2 Å². The van der Waals surface area contributed by atoms with Crippen molar-refractivity contribution in [2.24, 2.45) is 5.92 Å². The van der Waals surface area contributed by atoms with Gasteiger partial charge in [-0.25, -0.2) is 4.98 Å². The van der Waals surface area contributed by atoms with Gasteiger partial charge in [-0.05, 0) is 25.3 Å². The monoisotopic (exact) mass is 340 g/mol. The van der Waals surface area contributed by atoms with Crippen molar-refractivity contribution >= 4 is 11.7 Å². The Morgan fingerprint density at radius 1 is 1.36 bits per heavy atom. The first kappa shape index (κ1) is 17.4. The van der Waals surface area contributed by atoms with Crippen LogP contribution in [0.4, 0.5) is 5.82 Å². The molecule has 0 aliphatic carbocycles. The number of aliphatic hydroxyl groups is 1. The number of benzene rings is 1. The normalized spacial score (nSPS) is 18.6. The minimum Gasteiger partial charge on any atom is -0.387 e. The number of piperidine rings is 1. The Morgan fingerprint density at radius 2 is 2.16 bits per heavy atom. The Morgan fingerprint density at radius 3 is 2.88 bits per heavy atom. The number of aliphatic hydroxyl groups excluding tert-OH is 1. The SMILES string of the molecule is Cc1ccc([C@H](O)CNC(=O)[C@H]2CCCN(c3cnccn3)C2)cc1. The van der Waals surface area contributed by atoms with Crippen LogP contribution in [0.3, 0.4) is 0 Å². The van der Waals surface area contributed by atoms with E-state index in [4.69, 9.17) is 0 Å². The summed E-state index contributed by atoms with van der Waals surface area (Å²) in [5.41, 5.74) is 1.96. The third-order valence-corrected chi connectivity index (χ3v) is 4.60. The molecule has 0 unspecified atom stereocenters. The number of hydrogen-bond donors (Lipinski definition) is 2. The van der Waals surface area contributed by atoms with Crippen LogP contribution in [0, 0.1) is 12.8 Å². The summed E-state index contributed by atoms with van der Waals surface area (Å²) in [6, 6.07) is 7.70. The van der Waals surface area contributed by atoms with Gasteiger partial charge >= 0.3 is 0 Å². The standard InChI is InChI=1S/C19H24N4O2/c1-14-4-6-15(7-5-14)17(24)11-22-19(25)16-3-2-10-23(13-16)18-12-20-8-9-21-18/h4-9,12,16-17,24H,2-3,10-11,13H2,1H3,(H,22,25)/t16-,17+/m0/s1. The summed E-state index contributed by atoms with van der Waals surface area (Å²) in [4.78, 5) is 23.0. The Kier molecular flexibility index (Phi) is 5.60. The van der Waals surface area contributed by atoms with Crippen molar-refractivity contribution in [3.63, 3.8) is 0 Å². The highest BCUT2D eigenvalue weighted by Gasteiger charge is 2.26. The molecule has 0 saturated carbocycles. The van der Waals surface area contributed by atoms with Crippen LogP contribution in [0.25, 0.3) is 0 Å². The van der Waals surface area contributed by atoms with E-state index in [-0.39, 0.29) is 18.4 Å². The van der Waals surface area contributed by atoms with Crippen LogP contribution < -0.4 is 10.2 Å². The first-order chi connectivity index (χ1) is 12.1. The van der Waals surface area contributed by atoms with Gasteiger partial charge in [0.05, 0.1) is 18.2 Å². The van der Waals surface area contributed by atoms with E-state index in [1.165, 1.54) is 0 Å². The van der Waals surface area contributed by atoms with Gasteiger partial charge in [0.1, 0.15) is 5.82 Å². The first-order valence-electron chi connectivity index (χ1n) is 8.67. The van der Waals surface area contributed by atoms with Crippen LogP contribution in [-0.2, 0) is 4.79 Å². The van der Waals surface area contributed by atoms with Crippen molar-refractivity contribution in [1.82, 2.24) is 15.3 Å². The van der Waals surface area contributed by atoms with E-state index in [1.54, 1.807) is 18.6 Å². The van der Waals surface area contributed by atoms with Crippen molar-refractivity contribution in [1.29, 1.82) is 0 Å². The van der Waals surface area contributed by atoms with Gasteiger partial charge in [-0.2, -0.15) is 0 Å². The molecule has 0 radical (unpaired) electrons. The van der Waals surface area contributed by atoms with Gasteiger partial charge in [0.25, 0.3) is 0 Å². The second kappa shape index (κ2) is 8.07. The van der Waals surface area contributed by atoms with E-state index in [2.05, 4.69) is 20.2 Å². The molecular weight excluding hydrogens is 316 g/mol. The average Bonchev–Trinajstić information content (AvgIpc) is 2.67. The minimum absolute atomic E-state index is 0.0141. The zero-order chi connectivity index (χ0) is 17.6. The molecule has 2 atom stereocenters. The second-order valence-electron chi connectivity index (χ2n) is 6.52. The van der Waals surface area contributed by atoms with Crippen molar-refractivity contribution in [3.8, 4) is 0 Å². The van der Waals surface area contributed by atoms with E-state index in [0.717, 1.165) is 36.3 Å².